The van der Waals surface area contributed by atoms with E-state index in [1.807, 2.05) is 27.7 Å². The molecule has 0 saturated carbocycles. The number of aliphatic hydroxyl groups excluding tert-OH is 1. The zero-order valence-corrected chi connectivity index (χ0v) is 10.9. The van der Waals surface area contributed by atoms with Gasteiger partial charge in [0.25, 0.3) is 0 Å². The molecule has 0 fully saturated rings. The Hall–Kier alpha value is -0.610. The summed E-state index contributed by atoms with van der Waals surface area (Å²) in [6, 6.07) is -0.109. The highest BCUT2D eigenvalue weighted by atomic mass is 16.3. The molecule has 0 heterocycles. The summed E-state index contributed by atoms with van der Waals surface area (Å²) >= 11 is 0. The van der Waals surface area contributed by atoms with Crippen molar-refractivity contribution >= 4 is 5.91 Å². The smallest absolute Gasteiger partial charge is 0.221 e. The number of carbonyl (C=O) groups excluding carboxylic acids is 1. The van der Waals surface area contributed by atoms with E-state index < -0.39 is 6.10 Å². The largest absolute Gasteiger partial charge is 0.391 e. The molecule has 4 heteroatoms. The van der Waals surface area contributed by atoms with Crippen LogP contribution in [0.2, 0.25) is 0 Å². The third-order valence-electron chi connectivity index (χ3n) is 2.56. The second-order valence-electron chi connectivity index (χ2n) is 5.20. The summed E-state index contributed by atoms with van der Waals surface area (Å²) < 4.78 is 0. The molecule has 0 saturated heterocycles. The predicted molar refractivity (Wildman–Crippen MR) is 65.9 cm³/mol. The normalized spacial score (nSPS) is 15.2. The van der Waals surface area contributed by atoms with Gasteiger partial charge in [-0.05, 0) is 18.3 Å². The van der Waals surface area contributed by atoms with Gasteiger partial charge in [0.15, 0.2) is 0 Å². The highest BCUT2D eigenvalue weighted by Gasteiger charge is 2.14. The Labute approximate surface area is 98.6 Å². The molecule has 4 nitrogen and oxygen atoms in total. The van der Waals surface area contributed by atoms with Crippen LogP contribution in [0.25, 0.3) is 0 Å². The first kappa shape index (κ1) is 15.4. The average molecular weight is 230 g/mol. The van der Waals surface area contributed by atoms with Crippen molar-refractivity contribution in [2.24, 2.45) is 17.6 Å². The summed E-state index contributed by atoms with van der Waals surface area (Å²) in [6.45, 7) is 8.39. The van der Waals surface area contributed by atoms with Crippen LogP contribution < -0.4 is 11.1 Å². The summed E-state index contributed by atoms with van der Waals surface area (Å²) in [5, 5.41) is 12.3. The summed E-state index contributed by atoms with van der Waals surface area (Å²) in [4.78, 5) is 11.4. The summed E-state index contributed by atoms with van der Waals surface area (Å²) in [6.07, 6.45) is 0.571. The van der Waals surface area contributed by atoms with Crippen molar-refractivity contribution in [3.8, 4) is 0 Å². The first-order valence-corrected chi connectivity index (χ1v) is 6.03. The fraction of sp³-hybridized carbons (Fsp3) is 0.917. The van der Waals surface area contributed by atoms with Crippen LogP contribution in [-0.4, -0.2) is 29.7 Å². The number of nitrogens with one attached hydrogen (secondary N) is 1. The van der Waals surface area contributed by atoms with Gasteiger partial charge in [-0.1, -0.05) is 27.7 Å². The van der Waals surface area contributed by atoms with Gasteiger partial charge in [-0.15, -0.1) is 0 Å². The Morgan fingerprint density at radius 2 is 1.88 bits per heavy atom. The van der Waals surface area contributed by atoms with Gasteiger partial charge in [-0.25, -0.2) is 0 Å². The quantitative estimate of drug-likeness (QED) is 0.608. The van der Waals surface area contributed by atoms with Gasteiger partial charge in [0.1, 0.15) is 0 Å². The van der Waals surface area contributed by atoms with Crippen LogP contribution in [0.15, 0.2) is 0 Å². The number of carbonyl (C=O) groups is 1. The van der Waals surface area contributed by atoms with Crippen molar-refractivity contribution in [2.75, 3.05) is 6.54 Å². The Morgan fingerprint density at radius 3 is 2.31 bits per heavy atom. The zero-order chi connectivity index (χ0) is 12.7. The monoisotopic (exact) mass is 230 g/mol. The molecule has 0 aromatic carbocycles. The van der Waals surface area contributed by atoms with Gasteiger partial charge in [0, 0.05) is 19.0 Å². The van der Waals surface area contributed by atoms with Crippen LogP contribution in [-0.2, 0) is 4.79 Å². The van der Waals surface area contributed by atoms with Crippen molar-refractivity contribution in [3.63, 3.8) is 0 Å². The highest BCUT2D eigenvalue weighted by Crippen LogP contribution is 2.04. The topological polar surface area (TPSA) is 75.3 Å². The molecular formula is C12H26N2O2. The second kappa shape index (κ2) is 7.63. The molecule has 96 valence electrons. The second-order valence-corrected chi connectivity index (χ2v) is 5.20. The fourth-order valence-electron chi connectivity index (χ4n) is 1.38. The van der Waals surface area contributed by atoms with Crippen molar-refractivity contribution < 1.29 is 9.90 Å². The lowest BCUT2D eigenvalue weighted by molar-refractivity contribution is -0.122. The van der Waals surface area contributed by atoms with Crippen molar-refractivity contribution in [1.82, 2.24) is 5.32 Å². The van der Waals surface area contributed by atoms with Crippen molar-refractivity contribution in [1.29, 1.82) is 0 Å². The first-order valence-electron chi connectivity index (χ1n) is 6.03. The molecule has 16 heavy (non-hydrogen) atoms. The van der Waals surface area contributed by atoms with E-state index in [2.05, 4.69) is 5.32 Å². The minimum atomic E-state index is -0.459. The van der Waals surface area contributed by atoms with Gasteiger partial charge in [-0.3, -0.25) is 4.79 Å². The van der Waals surface area contributed by atoms with Crippen LogP contribution in [0.3, 0.4) is 0 Å². The molecular weight excluding hydrogens is 204 g/mol. The number of nitrogens with two attached hydrogens (primary N) is 1. The molecule has 0 rings (SSSR count). The van der Waals surface area contributed by atoms with E-state index in [1.54, 1.807) is 0 Å². The molecule has 0 aromatic rings. The lowest BCUT2D eigenvalue weighted by Gasteiger charge is -2.17. The Balaban J connectivity index is 3.73. The van der Waals surface area contributed by atoms with Gasteiger partial charge < -0.3 is 16.2 Å². The molecule has 1 amide bonds. The van der Waals surface area contributed by atoms with Crippen molar-refractivity contribution in [3.05, 3.63) is 0 Å². The lowest BCUT2D eigenvalue weighted by Crippen LogP contribution is -2.38. The number of aliphatic hydroxyl groups is 1. The molecule has 2 unspecified atom stereocenters. The van der Waals surface area contributed by atoms with Crippen LogP contribution >= 0.6 is 0 Å². The van der Waals surface area contributed by atoms with E-state index in [0.717, 1.165) is 0 Å². The molecule has 4 N–H and O–H groups in total. The van der Waals surface area contributed by atoms with Gasteiger partial charge in [-0.2, -0.15) is 0 Å². The van der Waals surface area contributed by atoms with E-state index in [0.29, 0.717) is 31.2 Å². The molecule has 0 spiro atoms. The summed E-state index contributed by atoms with van der Waals surface area (Å²) in [7, 11) is 0. The van der Waals surface area contributed by atoms with E-state index in [9.17, 15) is 9.90 Å². The zero-order valence-electron chi connectivity index (χ0n) is 10.9. The van der Waals surface area contributed by atoms with Crippen LogP contribution in [0, 0.1) is 11.8 Å². The Kier molecular flexibility index (Phi) is 7.34. The van der Waals surface area contributed by atoms with Crippen molar-refractivity contribution in [2.45, 2.75) is 52.7 Å². The molecule has 0 bridgehead atoms. The van der Waals surface area contributed by atoms with Crippen LogP contribution in [0.4, 0.5) is 0 Å². The number of hydrogen-bond donors (Lipinski definition) is 3. The van der Waals surface area contributed by atoms with E-state index in [4.69, 9.17) is 5.73 Å². The van der Waals surface area contributed by atoms with Gasteiger partial charge >= 0.3 is 0 Å². The Bertz CT molecular complexity index is 205. The van der Waals surface area contributed by atoms with E-state index in [-0.39, 0.29) is 11.9 Å². The standard InChI is InChI=1S/C12H26N2O2/c1-8(2)5-10(15)7-14-12(16)6-11(13)9(3)4/h8-11,15H,5-7,13H2,1-4H3,(H,14,16). The first-order chi connectivity index (χ1) is 7.32. The lowest BCUT2D eigenvalue weighted by atomic mass is 10.0. The van der Waals surface area contributed by atoms with E-state index in [1.165, 1.54) is 0 Å². The van der Waals surface area contributed by atoms with Crippen LogP contribution in [0.1, 0.15) is 40.5 Å². The number of rotatable bonds is 7. The molecule has 0 aliphatic carbocycles. The highest BCUT2D eigenvalue weighted by molar-refractivity contribution is 5.76. The molecule has 0 radical (unpaired) electrons. The average Bonchev–Trinajstić information content (AvgIpc) is 2.13. The van der Waals surface area contributed by atoms with Crippen LogP contribution in [0.5, 0.6) is 0 Å². The number of hydrogen-bond acceptors (Lipinski definition) is 3. The molecule has 0 aliphatic rings. The molecule has 0 aromatic heterocycles. The maximum Gasteiger partial charge on any atom is 0.221 e. The van der Waals surface area contributed by atoms with Gasteiger partial charge in [0.05, 0.1) is 6.10 Å². The fourth-order valence-corrected chi connectivity index (χ4v) is 1.38. The maximum absolute atomic E-state index is 11.4. The number of amides is 1. The maximum atomic E-state index is 11.4. The minimum absolute atomic E-state index is 0.0796. The Morgan fingerprint density at radius 1 is 1.31 bits per heavy atom. The SMILES string of the molecule is CC(C)CC(O)CNC(=O)CC(N)C(C)C. The van der Waals surface area contributed by atoms with Gasteiger partial charge in [0.2, 0.25) is 5.91 Å². The molecule has 0 aliphatic heterocycles. The predicted octanol–water partition coefficient (Wildman–Crippen LogP) is 0.883. The summed E-state index contributed by atoms with van der Waals surface area (Å²) in [5.41, 5.74) is 5.78. The molecule has 2 atom stereocenters. The third-order valence-corrected chi connectivity index (χ3v) is 2.56. The van der Waals surface area contributed by atoms with E-state index >= 15 is 0 Å². The summed E-state index contributed by atoms with van der Waals surface area (Å²) in [5.74, 6) is 0.653. The minimum Gasteiger partial charge on any atom is -0.391 e. The third kappa shape index (κ3) is 7.65.